The maximum Gasteiger partial charge on any atom is 0.122 e. The molecule has 0 bridgehead atoms. The van der Waals surface area contributed by atoms with E-state index >= 15 is 0 Å². The van der Waals surface area contributed by atoms with Gasteiger partial charge in [0, 0.05) is 12.1 Å². The van der Waals surface area contributed by atoms with Gasteiger partial charge in [-0.3, -0.25) is 0 Å². The monoisotopic (exact) mass is 207 g/mol. The molecule has 1 heterocycles. The molecule has 1 aromatic rings. The Morgan fingerprint density at radius 3 is 3.00 bits per heavy atom. The van der Waals surface area contributed by atoms with Gasteiger partial charge in [-0.1, -0.05) is 6.07 Å². The summed E-state index contributed by atoms with van der Waals surface area (Å²) in [4.78, 5) is 0. The van der Waals surface area contributed by atoms with Crippen LogP contribution in [0.4, 0.5) is 0 Å². The van der Waals surface area contributed by atoms with Crippen LogP contribution in [-0.4, -0.2) is 24.8 Å². The van der Waals surface area contributed by atoms with Gasteiger partial charge in [0.15, 0.2) is 0 Å². The molecule has 1 unspecified atom stereocenters. The van der Waals surface area contributed by atoms with Crippen LogP contribution in [0.1, 0.15) is 18.4 Å². The molecule has 1 fully saturated rings. The van der Waals surface area contributed by atoms with Crippen molar-refractivity contribution in [3.05, 3.63) is 23.8 Å². The Balaban J connectivity index is 2.07. The molecule has 15 heavy (non-hydrogen) atoms. The van der Waals surface area contributed by atoms with Crippen molar-refractivity contribution in [1.29, 1.82) is 0 Å². The van der Waals surface area contributed by atoms with E-state index in [9.17, 15) is 5.11 Å². The normalized spacial score (nSPS) is 20.5. The Morgan fingerprint density at radius 2 is 2.40 bits per heavy atom. The molecule has 82 valence electrons. The highest BCUT2D eigenvalue weighted by Gasteiger charge is 2.16. The second kappa shape index (κ2) is 4.53. The Morgan fingerprint density at radius 1 is 1.53 bits per heavy atom. The predicted molar refractivity (Wildman–Crippen MR) is 59.4 cm³/mol. The van der Waals surface area contributed by atoms with E-state index in [4.69, 9.17) is 4.74 Å². The summed E-state index contributed by atoms with van der Waals surface area (Å²) in [5.74, 6) is 1.04. The molecule has 0 spiro atoms. The summed E-state index contributed by atoms with van der Waals surface area (Å²) in [6, 6.07) is 6.02. The number of rotatable bonds is 3. The van der Waals surface area contributed by atoms with Gasteiger partial charge in [-0.15, -0.1) is 0 Å². The fourth-order valence-corrected chi connectivity index (χ4v) is 2.04. The van der Waals surface area contributed by atoms with E-state index in [1.54, 1.807) is 13.2 Å². The molecule has 1 aliphatic heterocycles. The van der Waals surface area contributed by atoms with Crippen LogP contribution in [0.15, 0.2) is 18.2 Å². The van der Waals surface area contributed by atoms with Crippen LogP contribution in [0.5, 0.6) is 11.5 Å². The van der Waals surface area contributed by atoms with Crippen molar-refractivity contribution in [2.75, 3.05) is 13.7 Å². The van der Waals surface area contributed by atoms with Crippen molar-refractivity contribution in [2.24, 2.45) is 0 Å². The van der Waals surface area contributed by atoms with E-state index in [2.05, 4.69) is 5.32 Å². The Labute approximate surface area is 90.1 Å². The van der Waals surface area contributed by atoms with Gasteiger partial charge >= 0.3 is 0 Å². The highest BCUT2D eigenvalue weighted by molar-refractivity contribution is 5.40. The molecule has 2 rings (SSSR count). The number of aromatic hydroxyl groups is 1. The smallest absolute Gasteiger partial charge is 0.122 e. The predicted octanol–water partition coefficient (Wildman–Crippen LogP) is 1.70. The van der Waals surface area contributed by atoms with Gasteiger partial charge in [0.05, 0.1) is 7.11 Å². The van der Waals surface area contributed by atoms with Crippen LogP contribution in [0.25, 0.3) is 0 Å². The molecule has 1 saturated heterocycles. The topological polar surface area (TPSA) is 41.5 Å². The molecule has 3 heteroatoms. The van der Waals surface area contributed by atoms with Crippen LogP contribution >= 0.6 is 0 Å². The Kier molecular flexibility index (Phi) is 3.11. The molecular weight excluding hydrogens is 190 g/mol. The van der Waals surface area contributed by atoms with Crippen LogP contribution < -0.4 is 10.1 Å². The third-order valence-electron chi connectivity index (χ3n) is 2.92. The summed E-state index contributed by atoms with van der Waals surface area (Å²) in [7, 11) is 1.60. The Hall–Kier alpha value is -1.22. The summed E-state index contributed by atoms with van der Waals surface area (Å²) < 4.78 is 5.04. The molecule has 0 aliphatic carbocycles. The first-order chi connectivity index (χ1) is 7.29. The van der Waals surface area contributed by atoms with E-state index in [-0.39, 0.29) is 0 Å². The summed E-state index contributed by atoms with van der Waals surface area (Å²) in [5.41, 5.74) is 0.996. The minimum atomic E-state index is 0.336. The number of ether oxygens (including phenoxy) is 1. The van der Waals surface area contributed by atoms with Gasteiger partial charge in [-0.25, -0.2) is 0 Å². The maximum atomic E-state index is 9.78. The Bertz CT molecular complexity index is 332. The van der Waals surface area contributed by atoms with Crippen LogP contribution in [-0.2, 0) is 6.42 Å². The largest absolute Gasteiger partial charge is 0.508 e. The average molecular weight is 207 g/mol. The zero-order valence-electron chi connectivity index (χ0n) is 8.99. The number of hydrogen-bond donors (Lipinski definition) is 2. The quantitative estimate of drug-likeness (QED) is 0.792. The van der Waals surface area contributed by atoms with E-state index in [0.29, 0.717) is 17.5 Å². The average Bonchev–Trinajstić information content (AvgIpc) is 2.74. The number of methoxy groups -OCH3 is 1. The first-order valence-corrected chi connectivity index (χ1v) is 5.39. The van der Waals surface area contributed by atoms with E-state index in [1.807, 2.05) is 12.1 Å². The summed E-state index contributed by atoms with van der Waals surface area (Å²) in [6.07, 6.45) is 3.34. The lowest BCUT2D eigenvalue weighted by Crippen LogP contribution is -2.23. The SMILES string of the molecule is COc1ccc(CC2CCCN2)c(O)c1. The second-order valence-electron chi connectivity index (χ2n) is 3.99. The van der Waals surface area contributed by atoms with Gasteiger partial charge < -0.3 is 15.2 Å². The van der Waals surface area contributed by atoms with Crippen molar-refractivity contribution in [3.8, 4) is 11.5 Å². The number of nitrogens with one attached hydrogen (secondary N) is 1. The molecule has 2 N–H and O–H groups in total. The summed E-state index contributed by atoms with van der Waals surface area (Å²) in [6.45, 7) is 1.10. The van der Waals surface area contributed by atoms with Crippen molar-refractivity contribution in [3.63, 3.8) is 0 Å². The molecule has 1 aliphatic rings. The minimum absolute atomic E-state index is 0.336. The third kappa shape index (κ3) is 2.42. The molecular formula is C12H17NO2. The lowest BCUT2D eigenvalue weighted by molar-refractivity contribution is 0.405. The first kappa shape index (κ1) is 10.3. The van der Waals surface area contributed by atoms with Crippen molar-refractivity contribution >= 4 is 0 Å². The number of phenolic OH excluding ortho intramolecular Hbond substituents is 1. The van der Waals surface area contributed by atoms with E-state index < -0.39 is 0 Å². The molecule has 0 amide bonds. The van der Waals surface area contributed by atoms with Gasteiger partial charge in [0.2, 0.25) is 0 Å². The van der Waals surface area contributed by atoms with Crippen molar-refractivity contribution < 1.29 is 9.84 Å². The standard InChI is InChI=1S/C12H17NO2/c1-15-11-5-4-9(12(14)8-11)7-10-3-2-6-13-10/h4-5,8,10,13-14H,2-3,6-7H2,1H3. The maximum absolute atomic E-state index is 9.78. The lowest BCUT2D eigenvalue weighted by Gasteiger charge is -2.12. The number of benzene rings is 1. The fraction of sp³-hybridized carbons (Fsp3) is 0.500. The number of phenols is 1. The van der Waals surface area contributed by atoms with Gasteiger partial charge in [0.1, 0.15) is 11.5 Å². The third-order valence-corrected chi connectivity index (χ3v) is 2.92. The molecule has 1 aromatic carbocycles. The lowest BCUT2D eigenvalue weighted by atomic mass is 10.0. The fourth-order valence-electron chi connectivity index (χ4n) is 2.04. The zero-order chi connectivity index (χ0) is 10.7. The minimum Gasteiger partial charge on any atom is -0.508 e. The molecule has 3 nitrogen and oxygen atoms in total. The molecule has 0 saturated carbocycles. The molecule has 1 atom stereocenters. The highest BCUT2D eigenvalue weighted by Crippen LogP contribution is 2.25. The van der Waals surface area contributed by atoms with Crippen molar-refractivity contribution in [1.82, 2.24) is 5.32 Å². The second-order valence-corrected chi connectivity index (χ2v) is 3.99. The summed E-state index contributed by atoms with van der Waals surface area (Å²) >= 11 is 0. The zero-order valence-corrected chi connectivity index (χ0v) is 8.99. The molecule has 0 radical (unpaired) electrons. The highest BCUT2D eigenvalue weighted by atomic mass is 16.5. The van der Waals surface area contributed by atoms with Crippen LogP contribution in [0.3, 0.4) is 0 Å². The van der Waals surface area contributed by atoms with Crippen LogP contribution in [0, 0.1) is 0 Å². The van der Waals surface area contributed by atoms with E-state index in [0.717, 1.165) is 18.5 Å². The van der Waals surface area contributed by atoms with Gasteiger partial charge in [-0.2, -0.15) is 0 Å². The summed E-state index contributed by atoms with van der Waals surface area (Å²) in [5, 5.41) is 13.2. The van der Waals surface area contributed by atoms with Gasteiger partial charge in [-0.05, 0) is 37.4 Å². The van der Waals surface area contributed by atoms with E-state index in [1.165, 1.54) is 12.8 Å². The van der Waals surface area contributed by atoms with Crippen molar-refractivity contribution in [2.45, 2.75) is 25.3 Å². The van der Waals surface area contributed by atoms with Crippen LogP contribution in [0.2, 0.25) is 0 Å². The number of hydrogen-bond acceptors (Lipinski definition) is 3. The molecule has 0 aromatic heterocycles. The van der Waals surface area contributed by atoms with Gasteiger partial charge in [0.25, 0.3) is 0 Å². The first-order valence-electron chi connectivity index (χ1n) is 5.39.